The monoisotopic (exact) mass is 448 g/mol. The van der Waals surface area contributed by atoms with Gasteiger partial charge >= 0.3 is 0 Å². The van der Waals surface area contributed by atoms with Crippen LogP contribution in [0.25, 0.3) is 22.2 Å². The lowest BCUT2D eigenvalue weighted by Crippen LogP contribution is -2.22. The van der Waals surface area contributed by atoms with Crippen LogP contribution in [0.3, 0.4) is 0 Å². The molecule has 0 saturated heterocycles. The molecule has 2 aromatic heterocycles. The first-order valence-electron chi connectivity index (χ1n) is 11.1. The number of ketones is 1. The van der Waals surface area contributed by atoms with Crippen molar-refractivity contribution in [2.45, 2.75) is 53.6 Å². The van der Waals surface area contributed by atoms with E-state index in [0.717, 1.165) is 57.8 Å². The van der Waals surface area contributed by atoms with E-state index in [4.69, 9.17) is 16.7 Å². The van der Waals surface area contributed by atoms with Crippen LogP contribution in [-0.4, -0.2) is 25.3 Å². The maximum Gasteiger partial charge on any atom is 0.135 e. The summed E-state index contributed by atoms with van der Waals surface area (Å²) in [5, 5.41) is 11.2. The van der Waals surface area contributed by atoms with Crippen LogP contribution >= 0.6 is 11.6 Å². The third kappa shape index (κ3) is 4.49. The Kier molecular flexibility index (Phi) is 6.20. The molecule has 0 amide bonds. The molecule has 0 fully saturated rings. The van der Waals surface area contributed by atoms with Crippen LogP contribution in [0.1, 0.15) is 45.4 Å². The van der Waals surface area contributed by atoms with Crippen molar-refractivity contribution in [3.8, 4) is 11.3 Å². The number of hydrogen-bond acceptors (Lipinski definition) is 3. The molecule has 0 bridgehead atoms. The molecule has 5 nitrogen and oxygen atoms in total. The van der Waals surface area contributed by atoms with E-state index < -0.39 is 0 Å². The number of halogens is 1. The van der Waals surface area contributed by atoms with Gasteiger partial charge in [0.2, 0.25) is 0 Å². The quantitative estimate of drug-likeness (QED) is 0.324. The Labute approximate surface area is 194 Å². The average Bonchev–Trinajstić information content (AvgIpc) is 3.37. The lowest BCUT2D eigenvalue weighted by Gasteiger charge is -2.19. The summed E-state index contributed by atoms with van der Waals surface area (Å²) in [6.45, 7) is 9.14. The summed E-state index contributed by atoms with van der Waals surface area (Å²) in [6.07, 6.45) is 3.40. The highest BCUT2D eigenvalue weighted by molar-refractivity contribution is 6.31. The Bertz CT molecular complexity index is 1270. The van der Waals surface area contributed by atoms with E-state index in [9.17, 15) is 4.79 Å². The summed E-state index contributed by atoms with van der Waals surface area (Å²) in [6, 6.07) is 16.4. The molecule has 166 valence electrons. The number of aryl methyl sites for hydroxylation is 2. The molecule has 0 N–H and O–H groups in total. The minimum atomic E-state index is -0.362. The summed E-state index contributed by atoms with van der Waals surface area (Å²) in [5.41, 5.74) is 4.86. The van der Waals surface area contributed by atoms with E-state index in [0.29, 0.717) is 6.54 Å². The second-order valence-corrected chi connectivity index (χ2v) is 9.35. The fraction of sp³-hybridized carbons (Fsp3) is 0.346. The van der Waals surface area contributed by atoms with Gasteiger partial charge in [-0.1, -0.05) is 55.8 Å². The number of carbonyl (C=O) groups is 1. The number of Topliss-reactive ketones (excluding diaryl/α,β-unsaturated/α-hetero) is 1. The fourth-order valence-electron chi connectivity index (χ4n) is 3.83. The van der Waals surface area contributed by atoms with Gasteiger partial charge in [0, 0.05) is 27.9 Å². The Hall–Kier alpha value is -2.92. The summed E-state index contributed by atoms with van der Waals surface area (Å²) < 4.78 is 4.02. The number of carbonyl (C=O) groups excluding carboxylic acids is 1. The van der Waals surface area contributed by atoms with Crippen molar-refractivity contribution in [2.24, 2.45) is 5.41 Å². The van der Waals surface area contributed by atoms with Crippen molar-refractivity contribution in [3.05, 3.63) is 71.0 Å². The normalized spacial score (nSPS) is 11.9. The van der Waals surface area contributed by atoms with E-state index in [1.54, 1.807) is 6.92 Å². The maximum atomic E-state index is 12.0. The lowest BCUT2D eigenvalue weighted by molar-refractivity contribution is -0.125. The van der Waals surface area contributed by atoms with Gasteiger partial charge in [0.25, 0.3) is 0 Å². The first-order valence-corrected chi connectivity index (χ1v) is 11.4. The third-order valence-corrected chi connectivity index (χ3v) is 6.68. The highest BCUT2D eigenvalue weighted by Crippen LogP contribution is 2.29. The molecular formula is C26H29ClN4O. The first-order chi connectivity index (χ1) is 15.3. The summed E-state index contributed by atoms with van der Waals surface area (Å²) in [5.74, 6) is 0.200. The van der Waals surface area contributed by atoms with Crippen molar-refractivity contribution in [2.75, 3.05) is 0 Å². The fourth-order valence-corrected chi connectivity index (χ4v) is 4.03. The van der Waals surface area contributed by atoms with Crippen LogP contribution in [0.2, 0.25) is 5.02 Å². The van der Waals surface area contributed by atoms with Gasteiger partial charge in [0.15, 0.2) is 0 Å². The van der Waals surface area contributed by atoms with E-state index in [2.05, 4.69) is 36.3 Å². The molecule has 0 aliphatic rings. The van der Waals surface area contributed by atoms with Crippen molar-refractivity contribution >= 4 is 28.3 Å². The minimum Gasteiger partial charge on any atom is -0.299 e. The number of benzene rings is 2. The van der Waals surface area contributed by atoms with Crippen LogP contribution in [-0.2, 0) is 24.3 Å². The minimum absolute atomic E-state index is 0.200. The van der Waals surface area contributed by atoms with Crippen molar-refractivity contribution in [3.63, 3.8) is 0 Å². The average molecular weight is 449 g/mol. The Morgan fingerprint density at radius 3 is 2.59 bits per heavy atom. The Morgan fingerprint density at radius 2 is 1.88 bits per heavy atom. The van der Waals surface area contributed by atoms with E-state index in [1.165, 1.54) is 0 Å². The first kappa shape index (κ1) is 22.3. The molecule has 0 unspecified atom stereocenters. The van der Waals surface area contributed by atoms with Gasteiger partial charge in [-0.2, -0.15) is 10.2 Å². The van der Waals surface area contributed by atoms with Gasteiger partial charge in [-0.05, 0) is 50.5 Å². The molecule has 2 heterocycles. The van der Waals surface area contributed by atoms with Crippen LogP contribution in [0.5, 0.6) is 0 Å². The molecule has 6 heteroatoms. The largest absolute Gasteiger partial charge is 0.299 e. The summed E-state index contributed by atoms with van der Waals surface area (Å²) in [7, 11) is 0. The van der Waals surface area contributed by atoms with Crippen molar-refractivity contribution < 1.29 is 4.79 Å². The maximum absolute atomic E-state index is 12.0. The molecule has 0 saturated carbocycles. The number of rotatable bonds is 8. The van der Waals surface area contributed by atoms with E-state index in [1.807, 2.05) is 53.7 Å². The van der Waals surface area contributed by atoms with Crippen molar-refractivity contribution in [1.82, 2.24) is 19.6 Å². The highest BCUT2D eigenvalue weighted by Gasteiger charge is 2.24. The predicted octanol–water partition coefficient (Wildman–Crippen LogP) is 6.17. The number of aromatic nitrogens is 4. The SMILES string of the molecule is CCn1ncc2ccc(-c3cc(CCC(C)(C)C(C)=O)nn3Cc3ccccc3Cl)cc21. The van der Waals surface area contributed by atoms with Crippen LogP contribution in [0.4, 0.5) is 0 Å². The standard InChI is InChI=1S/C26H29ClN4O/c1-5-30-24-14-19(10-11-20(24)16-28-30)25-15-22(12-13-26(3,4)18(2)32)29-31(25)17-21-8-6-7-9-23(21)27/h6-11,14-16H,5,12-13,17H2,1-4H3. The smallest absolute Gasteiger partial charge is 0.135 e. The topological polar surface area (TPSA) is 52.7 Å². The molecule has 0 spiro atoms. The molecule has 0 atom stereocenters. The van der Waals surface area contributed by atoms with Gasteiger partial charge in [-0.25, -0.2) is 0 Å². The highest BCUT2D eigenvalue weighted by atomic mass is 35.5. The predicted molar refractivity (Wildman–Crippen MR) is 130 cm³/mol. The zero-order chi connectivity index (χ0) is 22.9. The Morgan fingerprint density at radius 1 is 1.09 bits per heavy atom. The molecule has 32 heavy (non-hydrogen) atoms. The zero-order valence-corrected chi connectivity index (χ0v) is 19.9. The number of nitrogens with zero attached hydrogens (tertiary/aromatic N) is 4. The molecule has 0 aliphatic carbocycles. The zero-order valence-electron chi connectivity index (χ0n) is 19.1. The summed E-state index contributed by atoms with van der Waals surface area (Å²) in [4.78, 5) is 12.0. The van der Waals surface area contributed by atoms with Crippen LogP contribution in [0.15, 0.2) is 54.7 Å². The molecule has 0 radical (unpaired) electrons. The van der Waals surface area contributed by atoms with E-state index in [-0.39, 0.29) is 11.2 Å². The van der Waals surface area contributed by atoms with Gasteiger partial charge in [0.1, 0.15) is 5.78 Å². The molecule has 2 aromatic carbocycles. The van der Waals surface area contributed by atoms with Crippen molar-refractivity contribution in [1.29, 1.82) is 0 Å². The summed E-state index contributed by atoms with van der Waals surface area (Å²) >= 11 is 6.45. The third-order valence-electron chi connectivity index (χ3n) is 6.31. The molecule has 0 aliphatic heterocycles. The Balaban J connectivity index is 1.74. The van der Waals surface area contributed by atoms with Crippen LogP contribution in [0, 0.1) is 5.41 Å². The second-order valence-electron chi connectivity index (χ2n) is 8.94. The lowest BCUT2D eigenvalue weighted by atomic mass is 9.83. The van der Waals surface area contributed by atoms with Gasteiger partial charge in [-0.15, -0.1) is 0 Å². The molecular weight excluding hydrogens is 420 g/mol. The molecule has 4 rings (SSSR count). The van der Waals surface area contributed by atoms with Gasteiger partial charge < -0.3 is 0 Å². The number of fused-ring (bicyclic) bond motifs is 1. The van der Waals surface area contributed by atoms with Crippen LogP contribution < -0.4 is 0 Å². The molecule has 4 aromatic rings. The van der Waals surface area contributed by atoms with E-state index >= 15 is 0 Å². The number of hydrogen-bond donors (Lipinski definition) is 0. The van der Waals surface area contributed by atoms with Gasteiger partial charge in [-0.3, -0.25) is 14.2 Å². The second kappa shape index (κ2) is 8.91. The van der Waals surface area contributed by atoms with Gasteiger partial charge in [0.05, 0.1) is 29.6 Å².